The standard InChI is InChI=1S/C14H18N2OS/c1-10(2)17-13-6-4-12(5-7-13)16-11(3)14-8-15-9-18-14/h4-11,16H,1-3H3. The topological polar surface area (TPSA) is 34.1 Å². The van der Waals surface area contributed by atoms with Gasteiger partial charge in [-0.05, 0) is 45.0 Å². The lowest BCUT2D eigenvalue weighted by Crippen LogP contribution is -2.06. The fraction of sp³-hybridized carbons (Fsp3) is 0.357. The number of aromatic nitrogens is 1. The van der Waals surface area contributed by atoms with Gasteiger partial charge in [0.25, 0.3) is 0 Å². The van der Waals surface area contributed by atoms with Crippen LogP contribution in [-0.4, -0.2) is 11.1 Å². The van der Waals surface area contributed by atoms with E-state index in [1.54, 1.807) is 11.3 Å². The summed E-state index contributed by atoms with van der Waals surface area (Å²) in [4.78, 5) is 5.32. The Labute approximate surface area is 112 Å². The SMILES string of the molecule is CC(C)Oc1ccc(NC(C)c2cncs2)cc1. The maximum absolute atomic E-state index is 5.61. The largest absolute Gasteiger partial charge is 0.491 e. The molecule has 0 aliphatic carbocycles. The third kappa shape index (κ3) is 3.47. The molecular formula is C14H18N2OS. The molecule has 0 spiro atoms. The zero-order chi connectivity index (χ0) is 13.0. The Bertz CT molecular complexity index is 465. The van der Waals surface area contributed by atoms with Gasteiger partial charge in [0.15, 0.2) is 0 Å². The zero-order valence-electron chi connectivity index (χ0n) is 10.9. The van der Waals surface area contributed by atoms with Crippen LogP contribution in [0.25, 0.3) is 0 Å². The Balaban J connectivity index is 1.98. The molecule has 1 heterocycles. The highest BCUT2D eigenvalue weighted by Crippen LogP contribution is 2.23. The third-order valence-electron chi connectivity index (χ3n) is 2.49. The van der Waals surface area contributed by atoms with E-state index >= 15 is 0 Å². The number of hydrogen-bond donors (Lipinski definition) is 1. The van der Waals surface area contributed by atoms with E-state index in [2.05, 4.69) is 17.2 Å². The number of hydrogen-bond acceptors (Lipinski definition) is 4. The van der Waals surface area contributed by atoms with Crippen molar-refractivity contribution in [1.29, 1.82) is 0 Å². The van der Waals surface area contributed by atoms with Crippen LogP contribution in [0.15, 0.2) is 36.0 Å². The summed E-state index contributed by atoms with van der Waals surface area (Å²) in [6.45, 7) is 6.18. The zero-order valence-corrected chi connectivity index (χ0v) is 11.7. The Kier molecular flexibility index (Phi) is 4.20. The number of benzene rings is 1. The van der Waals surface area contributed by atoms with Gasteiger partial charge in [0.05, 0.1) is 17.7 Å². The van der Waals surface area contributed by atoms with Crippen molar-refractivity contribution in [3.8, 4) is 5.75 Å². The lowest BCUT2D eigenvalue weighted by molar-refractivity contribution is 0.242. The predicted molar refractivity (Wildman–Crippen MR) is 76.4 cm³/mol. The van der Waals surface area contributed by atoms with Crippen LogP contribution in [0.5, 0.6) is 5.75 Å². The lowest BCUT2D eigenvalue weighted by Gasteiger charge is -2.14. The summed E-state index contributed by atoms with van der Waals surface area (Å²) in [5.41, 5.74) is 2.94. The van der Waals surface area contributed by atoms with Gasteiger partial charge in [-0.1, -0.05) is 0 Å². The highest BCUT2D eigenvalue weighted by atomic mass is 32.1. The van der Waals surface area contributed by atoms with Gasteiger partial charge >= 0.3 is 0 Å². The van der Waals surface area contributed by atoms with Crippen molar-refractivity contribution in [3.05, 3.63) is 40.8 Å². The molecule has 1 atom stereocenters. The van der Waals surface area contributed by atoms with E-state index in [9.17, 15) is 0 Å². The molecule has 2 aromatic rings. The summed E-state index contributed by atoms with van der Waals surface area (Å²) in [6.07, 6.45) is 2.11. The molecule has 0 radical (unpaired) electrons. The van der Waals surface area contributed by atoms with Crippen molar-refractivity contribution < 1.29 is 4.74 Å². The average molecular weight is 262 g/mol. The van der Waals surface area contributed by atoms with Gasteiger partial charge in [0, 0.05) is 16.8 Å². The predicted octanol–water partition coefficient (Wildman–Crippen LogP) is 4.10. The summed E-state index contributed by atoms with van der Waals surface area (Å²) in [7, 11) is 0. The minimum Gasteiger partial charge on any atom is -0.491 e. The van der Waals surface area contributed by atoms with Crippen LogP contribution >= 0.6 is 11.3 Å². The molecular weight excluding hydrogens is 244 g/mol. The van der Waals surface area contributed by atoms with Gasteiger partial charge in [0.2, 0.25) is 0 Å². The fourth-order valence-corrected chi connectivity index (χ4v) is 2.29. The molecule has 0 aliphatic heterocycles. The third-order valence-corrected chi connectivity index (χ3v) is 3.45. The van der Waals surface area contributed by atoms with Crippen LogP contribution in [-0.2, 0) is 0 Å². The summed E-state index contributed by atoms with van der Waals surface area (Å²) in [6, 6.07) is 8.32. The molecule has 1 N–H and O–H groups in total. The molecule has 1 aromatic carbocycles. The van der Waals surface area contributed by atoms with E-state index in [1.807, 2.05) is 49.8 Å². The van der Waals surface area contributed by atoms with E-state index < -0.39 is 0 Å². The molecule has 1 aromatic heterocycles. The molecule has 0 aliphatic rings. The molecule has 96 valence electrons. The Hall–Kier alpha value is -1.55. The van der Waals surface area contributed by atoms with E-state index in [0.717, 1.165) is 11.4 Å². The molecule has 0 bridgehead atoms. The normalized spacial score (nSPS) is 12.4. The van der Waals surface area contributed by atoms with Crippen molar-refractivity contribution in [2.24, 2.45) is 0 Å². The second-order valence-corrected chi connectivity index (χ2v) is 5.38. The molecule has 0 saturated carbocycles. The van der Waals surface area contributed by atoms with Gasteiger partial charge in [-0.2, -0.15) is 0 Å². The van der Waals surface area contributed by atoms with Crippen LogP contribution in [0.4, 0.5) is 5.69 Å². The highest BCUT2D eigenvalue weighted by molar-refractivity contribution is 7.09. The van der Waals surface area contributed by atoms with Crippen molar-refractivity contribution in [1.82, 2.24) is 4.98 Å². The monoisotopic (exact) mass is 262 g/mol. The van der Waals surface area contributed by atoms with Gasteiger partial charge < -0.3 is 10.1 Å². The van der Waals surface area contributed by atoms with E-state index in [1.165, 1.54) is 4.88 Å². The summed E-state index contributed by atoms with van der Waals surface area (Å²) in [5, 5.41) is 3.44. The first-order valence-electron chi connectivity index (χ1n) is 6.07. The quantitative estimate of drug-likeness (QED) is 0.880. The van der Waals surface area contributed by atoms with E-state index in [0.29, 0.717) is 0 Å². The molecule has 1 unspecified atom stereocenters. The van der Waals surface area contributed by atoms with E-state index in [4.69, 9.17) is 4.74 Å². The number of rotatable bonds is 5. The molecule has 4 heteroatoms. The van der Waals surface area contributed by atoms with E-state index in [-0.39, 0.29) is 12.1 Å². The summed E-state index contributed by atoms with van der Waals surface area (Å²) < 4.78 is 5.61. The van der Waals surface area contributed by atoms with Crippen LogP contribution in [0.1, 0.15) is 31.7 Å². The van der Waals surface area contributed by atoms with Crippen LogP contribution in [0.3, 0.4) is 0 Å². The number of ether oxygens (including phenoxy) is 1. The van der Waals surface area contributed by atoms with Gasteiger partial charge in [0.1, 0.15) is 5.75 Å². The van der Waals surface area contributed by atoms with Gasteiger partial charge in [-0.3, -0.25) is 4.98 Å². The first kappa shape index (κ1) is 12.9. The van der Waals surface area contributed by atoms with Crippen molar-refractivity contribution >= 4 is 17.0 Å². The molecule has 18 heavy (non-hydrogen) atoms. The average Bonchev–Trinajstić information content (AvgIpc) is 2.84. The lowest BCUT2D eigenvalue weighted by atomic mass is 10.2. The summed E-state index contributed by atoms with van der Waals surface area (Å²) >= 11 is 1.66. The number of nitrogens with one attached hydrogen (secondary N) is 1. The number of anilines is 1. The second-order valence-electron chi connectivity index (χ2n) is 4.46. The Morgan fingerprint density at radius 3 is 2.44 bits per heavy atom. The molecule has 0 saturated heterocycles. The molecule has 2 rings (SSSR count). The molecule has 0 fully saturated rings. The Morgan fingerprint density at radius 1 is 1.17 bits per heavy atom. The Morgan fingerprint density at radius 2 is 1.89 bits per heavy atom. The smallest absolute Gasteiger partial charge is 0.119 e. The highest BCUT2D eigenvalue weighted by Gasteiger charge is 2.06. The first-order chi connectivity index (χ1) is 8.65. The second kappa shape index (κ2) is 5.87. The maximum Gasteiger partial charge on any atom is 0.119 e. The van der Waals surface area contributed by atoms with Crippen molar-refractivity contribution in [2.75, 3.05) is 5.32 Å². The number of thiazole rings is 1. The molecule has 3 nitrogen and oxygen atoms in total. The van der Waals surface area contributed by atoms with Crippen LogP contribution in [0, 0.1) is 0 Å². The van der Waals surface area contributed by atoms with Crippen LogP contribution in [0.2, 0.25) is 0 Å². The molecule has 0 amide bonds. The summed E-state index contributed by atoms with van der Waals surface area (Å²) in [5.74, 6) is 0.904. The van der Waals surface area contributed by atoms with Crippen molar-refractivity contribution in [3.63, 3.8) is 0 Å². The fourth-order valence-electron chi connectivity index (χ4n) is 1.66. The first-order valence-corrected chi connectivity index (χ1v) is 6.95. The van der Waals surface area contributed by atoms with Gasteiger partial charge in [-0.15, -0.1) is 11.3 Å². The maximum atomic E-state index is 5.61. The minimum absolute atomic E-state index is 0.208. The van der Waals surface area contributed by atoms with Crippen LogP contribution < -0.4 is 10.1 Å². The van der Waals surface area contributed by atoms with Gasteiger partial charge in [-0.25, -0.2) is 0 Å². The van der Waals surface area contributed by atoms with Crippen molar-refractivity contribution in [2.45, 2.75) is 32.9 Å². The minimum atomic E-state index is 0.208. The number of nitrogens with zero attached hydrogens (tertiary/aromatic N) is 1.